The second kappa shape index (κ2) is 5.64. The van der Waals surface area contributed by atoms with Crippen LogP contribution < -0.4 is 10.1 Å². The molecule has 5 heteroatoms. The molecule has 2 fully saturated rings. The van der Waals surface area contributed by atoms with Crippen LogP contribution in [0.2, 0.25) is 0 Å². The lowest BCUT2D eigenvalue weighted by Crippen LogP contribution is -2.65. The first-order chi connectivity index (χ1) is 10.2. The molecule has 1 N–H and O–H groups in total. The number of amides is 1. The molecule has 1 saturated carbocycles. The third-order valence-electron chi connectivity index (χ3n) is 4.70. The minimum absolute atomic E-state index is 0.0499. The molecule has 2 heterocycles. The largest absolute Gasteiger partial charge is 0.480 e. The second-order valence-electron chi connectivity index (χ2n) is 6.22. The molecule has 1 spiro atoms. The minimum atomic E-state index is 0.0499. The maximum absolute atomic E-state index is 12.9. The zero-order valence-corrected chi connectivity index (χ0v) is 12.8. The van der Waals surface area contributed by atoms with E-state index < -0.39 is 0 Å². The summed E-state index contributed by atoms with van der Waals surface area (Å²) in [5.74, 6) is 0.469. The summed E-state index contributed by atoms with van der Waals surface area (Å²) < 4.78 is 5.23. The molecule has 0 bridgehead atoms. The van der Waals surface area contributed by atoms with E-state index in [-0.39, 0.29) is 5.91 Å². The predicted octanol–water partition coefficient (Wildman–Crippen LogP) is 1.69. The molecule has 3 rings (SSSR count). The van der Waals surface area contributed by atoms with Gasteiger partial charge in [0.25, 0.3) is 5.91 Å². The molecule has 1 aliphatic carbocycles. The van der Waals surface area contributed by atoms with Gasteiger partial charge < -0.3 is 15.0 Å². The van der Waals surface area contributed by atoms with E-state index in [2.05, 4.69) is 17.2 Å². The van der Waals surface area contributed by atoms with Crippen molar-refractivity contribution < 1.29 is 9.53 Å². The van der Waals surface area contributed by atoms with Crippen molar-refractivity contribution in [3.8, 4) is 5.88 Å². The molecule has 1 aliphatic heterocycles. The van der Waals surface area contributed by atoms with Gasteiger partial charge in [0.1, 0.15) is 5.56 Å². The average Bonchev–Trinajstić information content (AvgIpc) is 2.42. The molecule has 114 valence electrons. The Bertz CT molecular complexity index is 520. The Balaban J connectivity index is 1.75. The SMILES string of the molecule is CCCN(C(=O)c1cccnc1OC)C1CC2(CNC2)C1. The number of ether oxygens (including phenoxy) is 1. The topological polar surface area (TPSA) is 54.5 Å². The van der Waals surface area contributed by atoms with E-state index in [1.165, 1.54) is 0 Å². The fourth-order valence-electron chi connectivity index (χ4n) is 3.49. The summed E-state index contributed by atoms with van der Waals surface area (Å²) in [7, 11) is 1.56. The van der Waals surface area contributed by atoms with Crippen molar-refractivity contribution in [2.24, 2.45) is 5.41 Å². The van der Waals surface area contributed by atoms with Crippen LogP contribution in [0.5, 0.6) is 5.88 Å². The second-order valence-corrected chi connectivity index (χ2v) is 6.22. The minimum Gasteiger partial charge on any atom is -0.480 e. The Morgan fingerprint density at radius 2 is 2.29 bits per heavy atom. The molecule has 0 unspecified atom stereocenters. The van der Waals surface area contributed by atoms with E-state index in [1.807, 2.05) is 4.90 Å². The van der Waals surface area contributed by atoms with E-state index in [4.69, 9.17) is 4.74 Å². The molecule has 0 atom stereocenters. The van der Waals surface area contributed by atoms with Crippen LogP contribution in [-0.2, 0) is 0 Å². The Kier molecular flexibility index (Phi) is 3.85. The number of methoxy groups -OCH3 is 1. The Morgan fingerprint density at radius 3 is 2.86 bits per heavy atom. The summed E-state index contributed by atoms with van der Waals surface area (Å²) in [6, 6.07) is 3.96. The molecule has 2 aliphatic rings. The Morgan fingerprint density at radius 1 is 1.52 bits per heavy atom. The van der Waals surface area contributed by atoms with E-state index >= 15 is 0 Å². The van der Waals surface area contributed by atoms with E-state index in [0.29, 0.717) is 22.9 Å². The highest BCUT2D eigenvalue weighted by Crippen LogP contribution is 2.46. The fourth-order valence-corrected chi connectivity index (χ4v) is 3.49. The fraction of sp³-hybridized carbons (Fsp3) is 0.625. The highest BCUT2D eigenvalue weighted by Gasteiger charge is 2.51. The molecular formula is C16H23N3O2. The van der Waals surface area contributed by atoms with Crippen LogP contribution in [0.15, 0.2) is 18.3 Å². The van der Waals surface area contributed by atoms with Crippen LogP contribution in [0, 0.1) is 5.41 Å². The Labute approximate surface area is 125 Å². The molecule has 0 aromatic carbocycles. The first kappa shape index (κ1) is 14.3. The zero-order valence-electron chi connectivity index (χ0n) is 12.8. The number of nitrogens with one attached hydrogen (secondary N) is 1. The zero-order chi connectivity index (χ0) is 14.9. The highest BCUT2D eigenvalue weighted by atomic mass is 16.5. The van der Waals surface area contributed by atoms with Gasteiger partial charge in [0.2, 0.25) is 5.88 Å². The van der Waals surface area contributed by atoms with Crippen LogP contribution in [0.1, 0.15) is 36.5 Å². The van der Waals surface area contributed by atoms with Crippen LogP contribution in [0.25, 0.3) is 0 Å². The van der Waals surface area contributed by atoms with Crippen LogP contribution in [-0.4, -0.2) is 48.6 Å². The van der Waals surface area contributed by atoms with Crippen LogP contribution in [0.4, 0.5) is 0 Å². The summed E-state index contributed by atoms with van der Waals surface area (Å²) in [6.45, 7) is 5.12. The van der Waals surface area contributed by atoms with Gasteiger partial charge in [-0.05, 0) is 36.8 Å². The lowest BCUT2D eigenvalue weighted by molar-refractivity contribution is -0.0272. The third kappa shape index (κ3) is 2.50. The van der Waals surface area contributed by atoms with Crippen molar-refractivity contribution >= 4 is 5.91 Å². The Hall–Kier alpha value is -1.62. The van der Waals surface area contributed by atoms with Gasteiger partial charge in [0, 0.05) is 31.9 Å². The van der Waals surface area contributed by atoms with Gasteiger partial charge in [-0.25, -0.2) is 4.98 Å². The number of hydrogen-bond donors (Lipinski definition) is 1. The van der Waals surface area contributed by atoms with E-state index in [9.17, 15) is 4.79 Å². The van der Waals surface area contributed by atoms with Crippen molar-refractivity contribution in [2.75, 3.05) is 26.7 Å². The molecule has 1 amide bonds. The van der Waals surface area contributed by atoms with Crippen molar-refractivity contribution in [3.05, 3.63) is 23.9 Å². The highest BCUT2D eigenvalue weighted by molar-refractivity contribution is 5.96. The van der Waals surface area contributed by atoms with Crippen molar-refractivity contribution in [3.63, 3.8) is 0 Å². The summed E-state index contributed by atoms with van der Waals surface area (Å²) >= 11 is 0. The van der Waals surface area contributed by atoms with Crippen LogP contribution in [0.3, 0.4) is 0 Å². The molecule has 21 heavy (non-hydrogen) atoms. The van der Waals surface area contributed by atoms with Gasteiger partial charge in [-0.15, -0.1) is 0 Å². The molecule has 1 saturated heterocycles. The average molecular weight is 289 g/mol. The molecule has 1 aromatic rings. The summed E-state index contributed by atoms with van der Waals surface area (Å²) in [4.78, 5) is 19.0. The normalized spacial score (nSPS) is 19.7. The number of pyridine rings is 1. The van der Waals surface area contributed by atoms with Crippen molar-refractivity contribution in [2.45, 2.75) is 32.2 Å². The lowest BCUT2D eigenvalue weighted by atomic mass is 9.61. The molecule has 1 aromatic heterocycles. The number of hydrogen-bond acceptors (Lipinski definition) is 4. The van der Waals surface area contributed by atoms with Gasteiger partial charge in [-0.3, -0.25) is 4.79 Å². The van der Waals surface area contributed by atoms with E-state index in [1.54, 1.807) is 25.4 Å². The number of carbonyl (C=O) groups is 1. The quantitative estimate of drug-likeness (QED) is 0.896. The van der Waals surface area contributed by atoms with Crippen molar-refractivity contribution in [1.82, 2.24) is 15.2 Å². The number of nitrogens with zero attached hydrogens (tertiary/aromatic N) is 2. The first-order valence-electron chi connectivity index (χ1n) is 7.70. The van der Waals surface area contributed by atoms with Crippen molar-refractivity contribution in [1.29, 1.82) is 0 Å². The van der Waals surface area contributed by atoms with E-state index in [0.717, 1.165) is 38.9 Å². The third-order valence-corrected chi connectivity index (χ3v) is 4.70. The number of rotatable bonds is 5. The summed E-state index contributed by atoms with van der Waals surface area (Å²) in [6.07, 6.45) is 4.86. The van der Waals surface area contributed by atoms with Gasteiger partial charge in [-0.2, -0.15) is 0 Å². The lowest BCUT2D eigenvalue weighted by Gasteiger charge is -2.57. The van der Waals surface area contributed by atoms with Gasteiger partial charge in [0.05, 0.1) is 7.11 Å². The van der Waals surface area contributed by atoms with Gasteiger partial charge in [-0.1, -0.05) is 6.92 Å². The van der Waals surface area contributed by atoms with Gasteiger partial charge in [0.15, 0.2) is 0 Å². The summed E-state index contributed by atoms with van der Waals surface area (Å²) in [5, 5.41) is 3.34. The predicted molar refractivity (Wildman–Crippen MR) is 80.4 cm³/mol. The maximum atomic E-state index is 12.9. The monoisotopic (exact) mass is 289 g/mol. The standard InChI is InChI=1S/C16H23N3O2/c1-3-7-19(12-8-16(9-12)10-17-11-16)15(20)13-5-4-6-18-14(13)21-2/h4-6,12,17H,3,7-11H2,1-2H3. The smallest absolute Gasteiger partial charge is 0.259 e. The number of carbonyl (C=O) groups excluding carboxylic acids is 1. The molecule has 0 radical (unpaired) electrons. The summed E-state index contributed by atoms with van der Waals surface area (Å²) in [5.41, 5.74) is 1.04. The maximum Gasteiger partial charge on any atom is 0.259 e. The molecule has 5 nitrogen and oxygen atoms in total. The van der Waals surface area contributed by atoms with Crippen LogP contribution >= 0.6 is 0 Å². The van der Waals surface area contributed by atoms with Gasteiger partial charge >= 0.3 is 0 Å². The molecular weight excluding hydrogens is 266 g/mol. The number of aromatic nitrogens is 1. The first-order valence-corrected chi connectivity index (χ1v) is 7.70.